The second-order valence-corrected chi connectivity index (χ2v) is 4.71. The van der Waals surface area contributed by atoms with Crippen LogP contribution in [-0.4, -0.2) is 10.9 Å². The van der Waals surface area contributed by atoms with Gasteiger partial charge in [-0.15, -0.1) is 0 Å². The number of ether oxygens (including phenoxy) is 1. The Hall–Kier alpha value is -3.21. The number of cyclic esters (lactones) is 1. The van der Waals surface area contributed by atoms with Gasteiger partial charge in [0.15, 0.2) is 0 Å². The standard InChI is InChI=1S/C17H11NO4/c19-17-16(13-4-2-1-3-5-13)11-15(22-17)10-12-6-8-14(9-7-12)18(20)21/h1-11H. The van der Waals surface area contributed by atoms with E-state index in [9.17, 15) is 14.9 Å². The minimum atomic E-state index is -0.458. The third-order valence-corrected chi connectivity index (χ3v) is 3.21. The van der Waals surface area contributed by atoms with E-state index < -0.39 is 10.9 Å². The summed E-state index contributed by atoms with van der Waals surface area (Å²) in [4.78, 5) is 22.1. The average molecular weight is 293 g/mol. The fourth-order valence-corrected chi connectivity index (χ4v) is 2.14. The number of nitro groups is 1. The predicted octanol–water partition coefficient (Wildman–Crippen LogP) is 3.58. The lowest BCUT2D eigenvalue weighted by atomic mass is 10.1. The molecule has 0 aromatic heterocycles. The number of allylic oxidation sites excluding steroid dienone is 1. The Morgan fingerprint density at radius 2 is 1.68 bits per heavy atom. The van der Waals surface area contributed by atoms with Crippen LogP contribution in [0.4, 0.5) is 5.69 Å². The Morgan fingerprint density at radius 1 is 1.00 bits per heavy atom. The number of benzene rings is 2. The van der Waals surface area contributed by atoms with E-state index in [1.165, 1.54) is 12.1 Å². The van der Waals surface area contributed by atoms with Crippen LogP contribution in [0.5, 0.6) is 0 Å². The highest BCUT2D eigenvalue weighted by Gasteiger charge is 2.22. The zero-order valence-electron chi connectivity index (χ0n) is 11.4. The van der Waals surface area contributed by atoms with Crippen LogP contribution in [0.15, 0.2) is 66.4 Å². The summed E-state index contributed by atoms with van der Waals surface area (Å²) in [5.41, 5.74) is 2.03. The van der Waals surface area contributed by atoms with E-state index in [1.807, 2.05) is 30.3 Å². The molecular weight excluding hydrogens is 282 g/mol. The largest absolute Gasteiger partial charge is 0.423 e. The van der Waals surface area contributed by atoms with Crippen LogP contribution in [0.2, 0.25) is 0 Å². The number of hydrogen-bond donors (Lipinski definition) is 0. The summed E-state index contributed by atoms with van der Waals surface area (Å²) in [5.74, 6) is 0.0112. The third-order valence-electron chi connectivity index (χ3n) is 3.21. The first-order valence-electron chi connectivity index (χ1n) is 6.59. The number of esters is 1. The molecule has 0 spiro atoms. The topological polar surface area (TPSA) is 69.4 Å². The number of hydrogen-bond acceptors (Lipinski definition) is 4. The van der Waals surface area contributed by atoms with Gasteiger partial charge in [-0.2, -0.15) is 0 Å². The molecule has 2 aromatic carbocycles. The SMILES string of the molecule is O=C1OC(=Cc2ccc([N+](=O)[O-])cc2)C=C1c1ccccc1. The first-order valence-corrected chi connectivity index (χ1v) is 6.59. The molecule has 1 aliphatic heterocycles. The summed E-state index contributed by atoms with van der Waals surface area (Å²) in [6.07, 6.45) is 3.33. The minimum Gasteiger partial charge on any atom is -0.423 e. The lowest BCUT2D eigenvalue weighted by Gasteiger charge is -1.98. The zero-order chi connectivity index (χ0) is 15.5. The number of nitrogens with zero attached hydrogens (tertiary/aromatic N) is 1. The van der Waals surface area contributed by atoms with E-state index in [-0.39, 0.29) is 5.69 Å². The molecule has 0 fully saturated rings. The molecule has 0 unspecified atom stereocenters. The monoisotopic (exact) mass is 293 g/mol. The minimum absolute atomic E-state index is 0.0195. The molecule has 0 amide bonds. The first-order chi connectivity index (χ1) is 10.6. The molecule has 3 rings (SSSR count). The van der Waals surface area contributed by atoms with Gasteiger partial charge in [-0.05, 0) is 35.4 Å². The van der Waals surface area contributed by atoms with Crippen LogP contribution in [-0.2, 0) is 9.53 Å². The van der Waals surface area contributed by atoms with Gasteiger partial charge in [0.25, 0.3) is 5.69 Å². The number of carbonyl (C=O) groups excluding carboxylic acids is 1. The summed E-state index contributed by atoms with van der Waals surface area (Å²) in [7, 11) is 0. The van der Waals surface area contributed by atoms with E-state index in [1.54, 1.807) is 24.3 Å². The molecule has 0 aliphatic carbocycles. The molecule has 22 heavy (non-hydrogen) atoms. The highest BCUT2D eigenvalue weighted by Crippen LogP contribution is 2.27. The molecular formula is C17H11NO4. The summed E-state index contributed by atoms with van der Waals surface area (Å²) in [6, 6.07) is 15.3. The molecule has 0 atom stereocenters. The van der Waals surface area contributed by atoms with Crippen LogP contribution in [0.1, 0.15) is 11.1 Å². The van der Waals surface area contributed by atoms with E-state index in [0.29, 0.717) is 11.3 Å². The lowest BCUT2D eigenvalue weighted by Crippen LogP contribution is -1.97. The van der Waals surface area contributed by atoms with Crippen LogP contribution < -0.4 is 0 Å². The van der Waals surface area contributed by atoms with Crippen LogP contribution >= 0.6 is 0 Å². The zero-order valence-corrected chi connectivity index (χ0v) is 11.4. The summed E-state index contributed by atoms with van der Waals surface area (Å²) < 4.78 is 5.21. The number of nitro benzene ring substituents is 1. The molecule has 0 bridgehead atoms. The highest BCUT2D eigenvalue weighted by atomic mass is 16.6. The molecule has 1 aliphatic rings. The van der Waals surface area contributed by atoms with Crippen LogP contribution in [0.25, 0.3) is 11.6 Å². The molecule has 0 N–H and O–H groups in total. The Kier molecular flexibility index (Phi) is 3.53. The highest BCUT2D eigenvalue weighted by molar-refractivity contribution is 6.19. The smallest absolute Gasteiger partial charge is 0.344 e. The Labute approximate surface area is 126 Å². The van der Waals surface area contributed by atoms with E-state index in [0.717, 1.165) is 11.1 Å². The van der Waals surface area contributed by atoms with Crippen molar-refractivity contribution in [1.29, 1.82) is 0 Å². The Bertz CT molecular complexity index is 789. The van der Waals surface area contributed by atoms with Gasteiger partial charge in [-0.1, -0.05) is 30.3 Å². The quantitative estimate of drug-likeness (QED) is 0.493. The first kappa shape index (κ1) is 13.8. The maximum absolute atomic E-state index is 11.9. The molecule has 0 saturated heterocycles. The number of non-ortho nitro benzene ring substituents is 1. The number of carbonyl (C=O) groups is 1. The van der Waals surface area contributed by atoms with Crippen LogP contribution in [0.3, 0.4) is 0 Å². The van der Waals surface area contributed by atoms with Gasteiger partial charge in [0.05, 0.1) is 10.5 Å². The summed E-state index contributed by atoms with van der Waals surface area (Å²) in [6.45, 7) is 0. The van der Waals surface area contributed by atoms with Crippen molar-refractivity contribution in [3.8, 4) is 0 Å². The van der Waals surface area contributed by atoms with Crippen molar-refractivity contribution in [3.05, 3.63) is 87.7 Å². The van der Waals surface area contributed by atoms with Gasteiger partial charge in [-0.25, -0.2) is 4.79 Å². The maximum Gasteiger partial charge on any atom is 0.344 e. The second-order valence-electron chi connectivity index (χ2n) is 4.71. The van der Waals surface area contributed by atoms with Gasteiger partial charge in [0.2, 0.25) is 0 Å². The molecule has 5 heteroatoms. The number of rotatable bonds is 3. The predicted molar refractivity (Wildman–Crippen MR) is 81.6 cm³/mol. The lowest BCUT2D eigenvalue weighted by molar-refractivity contribution is -0.384. The molecule has 108 valence electrons. The summed E-state index contributed by atoms with van der Waals surface area (Å²) in [5, 5.41) is 10.6. The molecule has 2 aromatic rings. The second kappa shape index (κ2) is 5.65. The maximum atomic E-state index is 11.9. The van der Waals surface area contributed by atoms with E-state index in [4.69, 9.17) is 4.74 Å². The van der Waals surface area contributed by atoms with Crippen molar-refractivity contribution < 1.29 is 14.5 Å². The van der Waals surface area contributed by atoms with Gasteiger partial charge in [0.1, 0.15) is 5.76 Å². The van der Waals surface area contributed by atoms with Crippen molar-refractivity contribution in [2.45, 2.75) is 0 Å². The fraction of sp³-hybridized carbons (Fsp3) is 0. The molecule has 0 saturated carbocycles. The van der Waals surface area contributed by atoms with Crippen LogP contribution in [0, 0.1) is 10.1 Å². The van der Waals surface area contributed by atoms with Gasteiger partial charge >= 0.3 is 5.97 Å². The van der Waals surface area contributed by atoms with Gasteiger partial charge in [-0.3, -0.25) is 10.1 Å². The van der Waals surface area contributed by atoms with Crippen molar-refractivity contribution in [3.63, 3.8) is 0 Å². The summed E-state index contributed by atoms with van der Waals surface area (Å²) >= 11 is 0. The van der Waals surface area contributed by atoms with Gasteiger partial charge < -0.3 is 4.74 Å². The third kappa shape index (κ3) is 2.78. The molecule has 5 nitrogen and oxygen atoms in total. The molecule has 0 radical (unpaired) electrons. The van der Waals surface area contributed by atoms with Crippen molar-refractivity contribution >= 4 is 23.3 Å². The average Bonchev–Trinajstić information content (AvgIpc) is 2.89. The van der Waals surface area contributed by atoms with Crippen molar-refractivity contribution in [2.24, 2.45) is 0 Å². The molecule has 1 heterocycles. The van der Waals surface area contributed by atoms with Crippen molar-refractivity contribution in [1.82, 2.24) is 0 Å². The van der Waals surface area contributed by atoms with Crippen molar-refractivity contribution in [2.75, 3.05) is 0 Å². The Balaban J connectivity index is 1.88. The van der Waals surface area contributed by atoms with E-state index >= 15 is 0 Å². The Morgan fingerprint density at radius 3 is 2.32 bits per heavy atom. The normalized spacial score (nSPS) is 15.5. The van der Waals surface area contributed by atoms with Gasteiger partial charge in [0, 0.05) is 12.1 Å². The van der Waals surface area contributed by atoms with E-state index in [2.05, 4.69) is 0 Å². The fourth-order valence-electron chi connectivity index (χ4n) is 2.14.